The molecule has 0 aromatic carbocycles. The highest BCUT2D eigenvalue weighted by Crippen LogP contribution is 2.14. The predicted octanol–water partition coefficient (Wildman–Crippen LogP) is 1.12. The first-order chi connectivity index (χ1) is 9.22. The highest BCUT2D eigenvalue weighted by atomic mass is 16.1. The van der Waals surface area contributed by atoms with Crippen molar-refractivity contribution in [2.75, 3.05) is 11.9 Å². The molecule has 2 aromatic rings. The van der Waals surface area contributed by atoms with E-state index >= 15 is 0 Å². The maximum absolute atomic E-state index is 12.2. The molecule has 0 fully saturated rings. The first-order valence-electron chi connectivity index (χ1n) is 6.06. The van der Waals surface area contributed by atoms with Crippen molar-refractivity contribution in [1.82, 2.24) is 25.5 Å². The molecule has 19 heavy (non-hydrogen) atoms. The second-order valence-electron chi connectivity index (χ2n) is 4.02. The molecule has 7 nitrogen and oxygen atoms in total. The van der Waals surface area contributed by atoms with Gasteiger partial charge in [-0.2, -0.15) is 5.10 Å². The van der Waals surface area contributed by atoms with Crippen LogP contribution < -0.4 is 10.6 Å². The second kappa shape index (κ2) is 5.94. The van der Waals surface area contributed by atoms with Crippen LogP contribution in [-0.2, 0) is 0 Å². The van der Waals surface area contributed by atoms with Gasteiger partial charge in [0.05, 0.1) is 23.5 Å². The van der Waals surface area contributed by atoms with Gasteiger partial charge in [0.1, 0.15) is 12.2 Å². The number of nitrogens with zero attached hydrogens (tertiary/aromatic N) is 3. The maximum atomic E-state index is 12.2. The van der Waals surface area contributed by atoms with Gasteiger partial charge in [-0.25, -0.2) is 4.98 Å². The zero-order chi connectivity index (χ0) is 13.7. The molecule has 3 N–H and O–H groups in total. The Labute approximate surface area is 110 Å². The number of aromatic nitrogens is 4. The number of anilines is 1. The largest absolute Gasteiger partial charge is 0.383 e. The first-order valence-corrected chi connectivity index (χ1v) is 6.06. The number of carbonyl (C=O) groups is 1. The molecule has 7 heteroatoms. The number of aromatic amines is 1. The van der Waals surface area contributed by atoms with Crippen molar-refractivity contribution in [1.29, 1.82) is 0 Å². The summed E-state index contributed by atoms with van der Waals surface area (Å²) in [7, 11) is 0. The average Bonchev–Trinajstić information content (AvgIpc) is 2.93. The molecule has 0 bridgehead atoms. The Bertz CT molecular complexity index is 539. The summed E-state index contributed by atoms with van der Waals surface area (Å²) in [6.45, 7) is 4.53. The minimum Gasteiger partial charge on any atom is -0.383 e. The van der Waals surface area contributed by atoms with Crippen molar-refractivity contribution in [2.24, 2.45) is 0 Å². The molecule has 0 saturated carbocycles. The van der Waals surface area contributed by atoms with Crippen molar-refractivity contribution in [3.8, 4) is 0 Å². The van der Waals surface area contributed by atoms with E-state index < -0.39 is 0 Å². The van der Waals surface area contributed by atoms with E-state index in [1.54, 1.807) is 18.5 Å². The lowest BCUT2D eigenvalue weighted by Gasteiger charge is -2.13. The monoisotopic (exact) mass is 260 g/mol. The Morgan fingerprint density at radius 1 is 1.53 bits per heavy atom. The Morgan fingerprint density at radius 2 is 2.37 bits per heavy atom. The average molecular weight is 260 g/mol. The van der Waals surface area contributed by atoms with Crippen LogP contribution in [0.2, 0.25) is 0 Å². The molecule has 1 amide bonds. The number of amides is 1. The summed E-state index contributed by atoms with van der Waals surface area (Å²) in [5, 5.41) is 12.5. The zero-order valence-electron chi connectivity index (χ0n) is 10.8. The molecule has 0 aliphatic carbocycles. The fourth-order valence-electron chi connectivity index (χ4n) is 1.69. The summed E-state index contributed by atoms with van der Waals surface area (Å²) in [5.41, 5.74) is 1.27. The van der Waals surface area contributed by atoms with Gasteiger partial charge < -0.3 is 10.6 Å². The van der Waals surface area contributed by atoms with Crippen molar-refractivity contribution < 1.29 is 4.79 Å². The van der Waals surface area contributed by atoms with E-state index in [0.717, 1.165) is 6.54 Å². The molecule has 0 aliphatic rings. The third-order valence-corrected chi connectivity index (χ3v) is 2.62. The van der Waals surface area contributed by atoms with Crippen LogP contribution in [0.25, 0.3) is 0 Å². The molecule has 2 rings (SSSR count). The SMILES string of the molecule is CCNc1cnccc1C(=O)NC(C)c1ncn[nH]1. The highest BCUT2D eigenvalue weighted by molar-refractivity contribution is 5.99. The van der Waals surface area contributed by atoms with Crippen LogP contribution in [0.5, 0.6) is 0 Å². The maximum Gasteiger partial charge on any atom is 0.254 e. The molecule has 1 atom stereocenters. The van der Waals surface area contributed by atoms with Gasteiger partial charge in [-0.3, -0.25) is 14.9 Å². The summed E-state index contributed by atoms with van der Waals surface area (Å²) in [6.07, 6.45) is 4.64. The van der Waals surface area contributed by atoms with Crippen molar-refractivity contribution in [3.05, 3.63) is 36.2 Å². The molecule has 0 saturated heterocycles. The smallest absolute Gasteiger partial charge is 0.254 e. The highest BCUT2D eigenvalue weighted by Gasteiger charge is 2.16. The summed E-state index contributed by atoms with van der Waals surface area (Å²) < 4.78 is 0. The van der Waals surface area contributed by atoms with E-state index in [4.69, 9.17) is 0 Å². The summed E-state index contributed by atoms with van der Waals surface area (Å²) in [5.74, 6) is 0.439. The van der Waals surface area contributed by atoms with E-state index in [0.29, 0.717) is 17.1 Å². The summed E-state index contributed by atoms with van der Waals surface area (Å²) >= 11 is 0. The normalized spacial score (nSPS) is 11.9. The Morgan fingerprint density at radius 3 is 3.05 bits per heavy atom. The van der Waals surface area contributed by atoms with Gasteiger partial charge in [0.15, 0.2) is 0 Å². The Kier molecular flexibility index (Phi) is 4.07. The van der Waals surface area contributed by atoms with Crippen LogP contribution in [0.15, 0.2) is 24.8 Å². The standard InChI is InChI=1S/C12H16N6O/c1-3-14-10-6-13-5-4-9(10)12(19)17-8(2)11-15-7-16-18-11/h4-8,14H,3H2,1-2H3,(H,17,19)(H,15,16,18). The molecular formula is C12H16N6O. The van der Waals surface area contributed by atoms with E-state index in [1.165, 1.54) is 6.33 Å². The van der Waals surface area contributed by atoms with Crippen LogP contribution in [0, 0.1) is 0 Å². The number of nitrogens with one attached hydrogen (secondary N) is 3. The minimum absolute atomic E-state index is 0.178. The number of carbonyl (C=O) groups excluding carboxylic acids is 1. The third-order valence-electron chi connectivity index (χ3n) is 2.62. The second-order valence-corrected chi connectivity index (χ2v) is 4.02. The molecular weight excluding hydrogens is 244 g/mol. The lowest BCUT2D eigenvalue weighted by molar-refractivity contribution is 0.0939. The zero-order valence-corrected chi connectivity index (χ0v) is 10.8. The third kappa shape index (κ3) is 3.06. The van der Waals surface area contributed by atoms with Crippen molar-refractivity contribution >= 4 is 11.6 Å². The van der Waals surface area contributed by atoms with Crippen molar-refractivity contribution in [3.63, 3.8) is 0 Å². The van der Waals surface area contributed by atoms with Crippen LogP contribution in [-0.4, -0.2) is 32.6 Å². The number of hydrogen-bond acceptors (Lipinski definition) is 5. The van der Waals surface area contributed by atoms with E-state index in [9.17, 15) is 4.79 Å². The van der Waals surface area contributed by atoms with E-state index in [-0.39, 0.29) is 11.9 Å². The van der Waals surface area contributed by atoms with Gasteiger partial charge in [-0.15, -0.1) is 0 Å². The lowest BCUT2D eigenvalue weighted by atomic mass is 10.2. The number of hydrogen-bond donors (Lipinski definition) is 3. The first kappa shape index (κ1) is 13.0. The molecule has 0 spiro atoms. The van der Waals surface area contributed by atoms with Crippen LogP contribution in [0.4, 0.5) is 5.69 Å². The molecule has 100 valence electrons. The van der Waals surface area contributed by atoms with Crippen LogP contribution >= 0.6 is 0 Å². The molecule has 0 radical (unpaired) electrons. The predicted molar refractivity (Wildman–Crippen MR) is 70.7 cm³/mol. The number of pyridine rings is 1. The topological polar surface area (TPSA) is 95.6 Å². The lowest BCUT2D eigenvalue weighted by Crippen LogP contribution is -2.28. The van der Waals surface area contributed by atoms with E-state index in [2.05, 4.69) is 30.8 Å². The Balaban J connectivity index is 2.11. The quantitative estimate of drug-likeness (QED) is 0.748. The van der Waals surface area contributed by atoms with Gasteiger partial charge in [0, 0.05) is 12.7 Å². The number of H-pyrrole nitrogens is 1. The van der Waals surface area contributed by atoms with E-state index in [1.807, 2.05) is 13.8 Å². The Hall–Kier alpha value is -2.44. The summed E-state index contributed by atoms with van der Waals surface area (Å²) in [6, 6.07) is 1.44. The fourth-order valence-corrected chi connectivity index (χ4v) is 1.69. The van der Waals surface area contributed by atoms with Crippen LogP contribution in [0.1, 0.15) is 36.1 Å². The van der Waals surface area contributed by atoms with Gasteiger partial charge in [-0.05, 0) is 19.9 Å². The fraction of sp³-hybridized carbons (Fsp3) is 0.333. The minimum atomic E-state index is -0.238. The molecule has 2 heterocycles. The molecule has 0 aliphatic heterocycles. The van der Waals surface area contributed by atoms with Gasteiger partial charge >= 0.3 is 0 Å². The molecule has 2 aromatic heterocycles. The van der Waals surface area contributed by atoms with Crippen LogP contribution in [0.3, 0.4) is 0 Å². The van der Waals surface area contributed by atoms with Gasteiger partial charge in [0.25, 0.3) is 5.91 Å². The number of rotatable bonds is 5. The van der Waals surface area contributed by atoms with Crippen molar-refractivity contribution in [2.45, 2.75) is 19.9 Å². The van der Waals surface area contributed by atoms with Gasteiger partial charge in [-0.1, -0.05) is 0 Å². The van der Waals surface area contributed by atoms with Gasteiger partial charge in [0.2, 0.25) is 0 Å². The molecule has 1 unspecified atom stereocenters. The summed E-state index contributed by atoms with van der Waals surface area (Å²) in [4.78, 5) is 20.2.